The Morgan fingerprint density at radius 3 is 1.03 bits per heavy atom. The van der Waals surface area contributed by atoms with E-state index in [1.807, 2.05) is 6.08 Å². The Morgan fingerprint density at radius 2 is 0.644 bits per heavy atom. The molecule has 0 spiro atoms. The number of nitrogens with one attached hydrogen (secondary N) is 1. The molecule has 3 fully saturated rings. The van der Waals surface area contributed by atoms with Crippen LogP contribution in [0.4, 0.5) is 0 Å². The maximum Gasteiger partial charge on any atom is 0.220 e. The van der Waals surface area contributed by atoms with E-state index in [2.05, 4.69) is 67.8 Å². The highest BCUT2D eigenvalue weighted by Crippen LogP contribution is 2.33. The van der Waals surface area contributed by atoms with E-state index in [4.69, 9.17) is 28.4 Å². The molecule has 0 aromatic rings. The summed E-state index contributed by atoms with van der Waals surface area (Å²) in [6.07, 6.45) is 58.1. The molecular weight excluding hydrogens is 1320 g/mol. The van der Waals surface area contributed by atoms with Crippen LogP contribution in [0, 0.1) is 0 Å². The fourth-order valence-electron chi connectivity index (χ4n) is 14.2. The molecular formula is C85H155NO18. The number of allylic oxidation sites excluding steroid dienone is 9. The zero-order valence-corrected chi connectivity index (χ0v) is 65.3. The van der Waals surface area contributed by atoms with Crippen molar-refractivity contribution in [1.82, 2.24) is 5.32 Å². The van der Waals surface area contributed by atoms with Crippen LogP contribution in [0.3, 0.4) is 0 Å². The molecule has 17 unspecified atom stereocenters. The molecule has 3 aliphatic heterocycles. The Morgan fingerprint density at radius 1 is 0.346 bits per heavy atom. The van der Waals surface area contributed by atoms with E-state index in [0.717, 1.165) is 51.4 Å². The van der Waals surface area contributed by atoms with Crippen LogP contribution in [0.15, 0.2) is 60.8 Å². The molecule has 3 aliphatic rings. The summed E-state index contributed by atoms with van der Waals surface area (Å²) in [4.78, 5) is 13.5. The average molecular weight is 1480 g/mol. The number of carbonyl (C=O) groups excluding carboxylic acids is 1. The lowest BCUT2D eigenvalue weighted by Crippen LogP contribution is -2.66. The number of amides is 1. The minimum Gasteiger partial charge on any atom is -0.394 e. The lowest BCUT2D eigenvalue weighted by Gasteiger charge is -2.48. The van der Waals surface area contributed by atoms with Crippen molar-refractivity contribution in [3.8, 4) is 0 Å². The number of hydrogen-bond acceptors (Lipinski definition) is 18. The molecule has 3 heterocycles. The normalized spacial score (nSPS) is 26.2. The van der Waals surface area contributed by atoms with Crippen LogP contribution in [0.2, 0.25) is 0 Å². The lowest BCUT2D eigenvalue weighted by molar-refractivity contribution is -0.379. The minimum atomic E-state index is -1.98. The summed E-state index contributed by atoms with van der Waals surface area (Å²) in [7, 11) is 0. The molecule has 19 nitrogen and oxygen atoms in total. The van der Waals surface area contributed by atoms with Gasteiger partial charge in [0.15, 0.2) is 18.9 Å². The highest BCUT2D eigenvalue weighted by molar-refractivity contribution is 5.76. The highest BCUT2D eigenvalue weighted by atomic mass is 16.8. The van der Waals surface area contributed by atoms with Gasteiger partial charge >= 0.3 is 0 Å². The molecule has 104 heavy (non-hydrogen) atoms. The average Bonchev–Trinajstić information content (AvgIpc) is 0.783. The van der Waals surface area contributed by atoms with Gasteiger partial charge in [0.05, 0.1) is 38.6 Å². The number of rotatable bonds is 68. The third kappa shape index (κ3) is 44.4. The zero-order valence-electron chi connectivity index (χ0n) is 65.3. The van der Waals surface area contributed by atoms with Crippen molar-refractivity contribution in [2.75, 3.05) is 26.4 Å². The first-order chi connectivity index (χ1) is 50.8. The maximum absolute atomic E-state index is 13.5. The molecule has 3 saturated heterocycles. The number of unbranched alkanes of at least 4 members (excludes halogenated alkanes) is 44. The molecule has 19 heteroatoms. The Balaban J connectivity index is 1.29. The first-order valence-electron chi connectivity index (χ1n) is 42.5. The summed E-state index contributed by atoms with van der Waals surface area (Å²) in [6.45, 7) is 1.74. The van der Waals surface area contributed by atoms with E-state index in [9.17, 15) is 61.0 Å². The molecule has 608 valence electrons. The second kappa shape index (κ2) is 65.2. The molecule has 0 aromatic carbocycles. The summed E-state index contributed by atoms with van der Waals surface area (Å²) in [5.74, 6) is -0.280. The standard InChI is InChI=1S/C85H155NO18/c1-3-5-7-9-11-13-15-17-19-21-23-24-25-26-27-28-29-30-31-32-33-34-35-36-37-38-39-40-41-42-43-44-45-47-49-51-53-55-57-59-61-63-73(91)86-68(69(90)62-60-58-56-54-52-50-48-46-22-20-18-16-14-12-10-8-6-4-2)67-99-83-79(97)76(94)81(71(65-88)101-83)104-85-80(98)77(95)82(72(66-89)102-85)103-84-78(96)75(93)74(92)70(64-87)100-84/h15,17,21,23,25-26,52,54,60,62,68-72,74-85,87-90,92-98H,3-14,16,18-20,22,24,27-51,53,55-59,61,63-67H2,1-2H3,(H,86,91)/b17-15-,23-21-,26-25-,54-52+,62-60+. The van der Waals surface area contributed by atoms with Gasteiger partial charge in [-0.3, -0.25) is 4.79 Å². The van der Waals surface area contributed by atoms with Gasteiger partial charge in [-0.05, 0) is 70.6 Å². The molecule has 0 bridgehead atoms. The summed E-state index contributed by atoms with van der Waals surface area (Å²) in [5.41, 5.74) is 0. The van der Waals surface area contributed by atoms with Crippen molar-refractivity contribution in [3.05, 3.63) is 60.8 Å². The first-order valence-corrected chi connectivity index (χ1v) is 42.5. The smallest absolute Gasteiger partial charge is 0.220 e. The summed E-state index contributed by atoms with van der Waals surface area (Å²) in [6, 6.07) is -0.990. The molecule has 0 aromatic heterocycles. The van der Waals surface area contributed by atoms with Gasteiger partial charge < -0.3 is 89.9 Å². The number of carbonyl (C=O) groups is 1. The van der Waals surface area contributed by atoms with E-state index in [0.29, 0.717) is 12.8 Å². The van der Waals surface area contributed by atoms with Crippen molar-refractivity contribution >= 4 is 5.91 Å². The van der Waals surface area contributed by atoms with Crippen molar-refractivity contribution in [2.24, 2.45) is 0 Å². The zero-order chi connectivity index (χ0) is 75.3. The molecule has 0 radical (unpaired) electrons. The van der Waals surface area contributed by atoms with Crippen molar-refractivity contribution in [1.29, 1.82) is 0 Å². The van der Waals surface area contributed by atoms with E-state index in [-0.39, 0.29) is 18.9 Å². The second-order valence-electron chi connectivity index (χ2n) is 30.3. The molecule has 1 amide bonds. The van der Waals surface area contributed by atoms with Crippen LogP contribution in [-0.2, 0) is 33.2 Å². The molecule has 0 saturated carbocycles. The monoisotopic (exact) mass is 1480 g/mol. The van der Waals surface area contributed by atoms with Crippen molar-refractivity contribution < 1.29 is 89.4 Å². The van der Waals surface area contributed by atoms with Crippen LogP contribution >= 0.6 is 0 Å². The Hall–Kier alpha value is -2.51. The Labute approximate surface area is 630 Å². The highest BCUT2D eigenvalue weighted by Gasteiger charge is 2.54. The summed E-state index contributed by atoms with van der Waals surface area (Å²) in [5, 5.41) is 121. The number of ether oxygens (including phenoxy) is 6. The SMILES string of the molecule is CCCCCCC/C=C\C/C=C\C/C=C\CCCCCCCCCCCCCCCCCCCCCCCCCCCCC(=O)NC(COC1OC(CO)C(OC2OC(CO)C(OC3OC(CO)C(O)C(O)C3O)C(O)C2O)C(O)C1O)C(O)/C=C/CC/C=C/CCCCCCCCCCCCCC. The minimum absolute atomic E-state index is 0.238. The fourth-order valence-corrected chi connectivity index (χ4v) is 14.2. The van der Waals surface area contributed by atoms with Crippen LogP contribution in [0.25, 0.3) is 0 Å². The third-order valence-corrected chi connectivity index (χ3v) is 21.0. The first kappa shape index (κ1) is 95.7. The number of hydrogen-bond donors (Lipinski definition) is 12. The van der Waals surface area contributed by atoms with Crippen molar-refractivity contribution in [2.45, 2.75) is 446 Å². The van der Waals surface area contributed by atoms with E-state index >= 15 is 0 Å². The van der Waals surface area contributed by atoms with E-state index in [1.165, 1.54) is 257 Å². The summed E-state index contributed by atoms with van der Waals surface area (Å²) < 4.78 is 34.4. The van der Waals surface area contributed by atoms with Crippen LogP contribution in [-0.4, -0.2) is 193 Å². The predicted octanol–water partition coefficient (Wildman–Crippen LogP) is 15.0. The summed E-state index contributed by atoms with van der Waals surface area (Å²) >= 11 is 0. The van der Waals surface area contributed by atoms with Gasteiger partial charge in [0.2, 0.25) is 5.91 Å². The molecule has 3 rings (SSSR count). The van der Waals surface area contributed by atoms with E-state index in [1.54, 1.807) is 6.08 Å². The van der Waals surface area contributed by atoms with Gasteiger partial charge in [0, 0.05) is 6.42 Å². The largest absolute Gasteiger partial charge is 0.394 e. The number of aliphatic hydroxyl groups excluding tert-OH is 11. The Kier molecular flexibility index (Phi) is 60.0. The topological polar surface area (TPSA) is 307 Å². The number of aliphatic hydroxyl groups is 11. The van der Waals surface area contributed by atoms with Gasteiger partial charge in [-0.25, -0.2) is 0 Å². The quantitative estimate of drug-likeness (QED) is 0.0199. The van der Waals surface area contributed by atoms with Crippen LogP contribution < -0.4 is 5.32 Å². The van der Waals surface area contributed by atoms with Gasteiger partial charge in [0.1, 0.15) is 73.2 Å². The molecule has 12 N–H and O–H groups in total. The molecule has 17 atom stereocenters. The lowest BCUT2D eigenvalue weighted by atomic mass is 9.96. The maximum atomic E-state index is 13.5. The van der Waals surface area contributed by atoms with Crippen LogP contribution in [0.1, 0.15) is 341 Å². The van der Waals surface area contributed by atoms with Gasteiger partial charge in [-0.2, -0.15) is 0 Å². The predicted molar refractivity (Wildman–Crippen MR) is 415 cm³/mol. The molecule has 0 aliphatic carbocycles. The van der Waals surface area contributed by atoms with Gasteiger partial charge in [0.25, 0.3) is 0 Å². The van der Waals surface area contributed by atoms with Crippen LogP contribution in [0.5, 0.6) is 0 Å². The van der Waals surface area contributed by atoms with E-state index < -0.39 is 124 Å². The van der Waals surface area contributed by atoms with Gasteiger partial charge in [-0.1, -0.05) is 325 Å². The Bertz CT molecular complexity index is 2110. The second-order valence-corrected chi connectivity index (χ2v) is 30.3. The van der Waals surface area contributed by atoms with Crippen molar-refractivity contribution in [3.63, 3.8) is 0 Å². The van der Waals surface area contributed by atoms with Gasteiger partial charge in [-0.15, -0.1) is 0 Å². The third-order valence-electron chi connectivity index (χ3n) is 21.0. The fraction of sp³-hybridized carbons (Fsp3) is 0.871.